The van der Waals surface area contributed by atoms with Crippen LogP contribution in [0.25, 0.3) is 0 Å². The zero-order chi connectivity index (χ0) is 22.0. The fourth-order valence-electron chi connectivity index (χ4n) is 3.12. The third-order valence-corrected chi connectivity index (χ3v) is 9.48. The molecule has 2 unspecified atom stereocenters. The van der Waals surface area contributed by atoms with Gasteiger partial charge in [0.2, 0.25) is 4.21 Å². The number of hydrogen-bond donors (Lipinski definition) is 2. The van der Waals surface area contributed by atoms with Crippen molar-refractivity contribution < 1.29 is 24.0 Å². The second-order valence-electron chi connectivity index (χ2n) is 6.47. The molecule has 0 aromatic carbocycles. The lowest BCUT2D eigenvalue weighted by molar-refractivity contribution is -0.150. The molecule has 2 aliphatic rings. The van der Waals surface area contributed by atoms with Gasteiger partial charge >= 0.3 is 5.97 Å². The molecule has 2 aromatic rings. The molecule has 4 rings (SSSR count). The predicted molar refractivity (Wildman–Crippen MR) is 118 cm³/mol. The molecule has 0 spiro atoms. The third kappa shape index (κ3) is 4.75. The van der Waals surface area contributed by atoms with Crippen molar-refractivity contribution in [3.8, 4) is 0 Å². The molecule has 1 saturated heterocycles. The number of carboxylic acids is 1. The Morgan fingerprint density at radius 3 is 2.94 bits per heavy atom. The first-order valence-corrected chi connectivity index (χ1v) is 13.2. The number of nitrogens with zero attached hydrogens (tertiary/aromatic N) is 3. The topological polar surface area (TPSA) is 136 Å². The molecular formula is C18H16N4O5S4. The zero-order valence-electron chi connectivity index (χ0n) is 15.8. The molecule has 0 radical (unpaired) electrons. The first-order valence-electron chi connectivity index (χ1n) is 8.95. The van der Waals surface area contributed by atoms with E-state index in [0.29, 0.717) is 26.3 Å². The Morgan fingerprint density at radius 1 is 1.42 bits per heavy atom. The SMILES string of the molecule is O=C(C[S+]([O-])c1cccs1)NC1C(=O)N2C(C(=O)O)=C(CSc3ccncn3)CS[C@@H]12. The fraction of sp³-hybridized carbons (Fsp3) is 0.278. The van der Waals surface area contributed by atoms with E-state index in [1.54, 1.807) is 29.8 Å². The number of thioether (sulfide) groups is 2. The van der Waals surface area contributed by atoms with Gasteiger partial charge in [0, 0.05) is 34.9 Å². The van der Waals surface area contributed by atoms with E-state index in [1.165, 1.54) is 46.1 Å². The van der Waals surface area contributed by atoms with Crippen molar-refractivity contribution in [2.24, 2.45) is 0 Å². The maximum absolute atomic E-state index is 12.7. The Hall–Kier alpha value is -2.06. The lowest BCUT2D eigenvalue weighted by Gasteiger charge is -2.49. The van der Waals surface area contributed by atoms with Gasteiger partial charge in [-0.15, -0.1) is 23.5 Å². The second kappa shape index (κ2) is 9.61. The molecule has 0 bridgehead atoms. The van der Waals surface area contributed by atoms with Gasteiger partial charge in [0.15, 0.2) is 5.75 Å². The maximum Gasteiger partial charge on any atom is 0.352 e. The van der Waals surface area contributed by atoms with Gasteiger partial charge in [-0.25, -0.2) is 14.8 Å². The Bertz CT molecular complexity index is 1020. The molecular weight excluding hydrogens is 480 g/mol. The number of carbonyl (C=O) groups is 3. The van der Waals surface area contributed by atoms with Crippen LogP contribution in [-0.4, -0.2) is 71.0 Å². The van der Waals surface area contributed by atoms with E-state index in [2.05, 4.69) is 15.3 Å². The number of rotatable bonds is 8. The van der Waals surface area contributed by atoms with Crippen LogP contribution in [0.15, 0.2) is 56.6 Å². The summed E-state index contributed by atoms with van der Waals surface area (Å²) in [6.07, 6.45) is 3.02. The highest BCUT2D eigenvalue weighted by molar-refractivity contribution is 8.01. The standard InChI is InChI=1S/C18H16N4O5S4/c23-11(8-31(27)13-2-1-5-28-13)21-14-16(24)22-15(18(25)26)10(7-30-17(14)22)6-29-12-3-4-19-9-20-12/h1-5,9,14,17H,6-8H2,(H,21,23)(H,25,26)/t14?,17-,31?/m0/s1. The number of carbonyl (C=O) groups excluding carboxylic acids is 2. The Morgan fingerprint density at radius 2 is 2.26 bits per heavy atom. The monoisotopic (exact) mass is 496 g/mol. The number of fused-ring (bicyclic) bond motifs is 1. The quantitative estimate of drug-likeness (QED) is 0.239. The fourth-order valence-corrected chi connectivity index (χ4v) is 7.35. The molecule has 3 atom stereocenters. The summed E-state index contributed by atoms with van der Waals surface area (Å²) < 4.78 is 12.8. The van der Waals surface area contributed by atoms with Crippen LogP contribution >= 0.6 is 34.9 Å². The Kier molecular flexibility index (Phi) is 6.86. The minimum atomic E-state index is -1.48. The summed E-state index contributed by atoms with van der Waals surface area (Å²) in [7, 11) is 0. The molecule has 2 N–H and O–H groups in total. The van der Waals surface area contributed by atoms with Gasteiger partial charge < -0.3 is 15.0 Å². The summed E-state index contributed by atoms with van der Waals surface area (Å²) >= 11 is 2.58. The van der Waals surface area contributed by atoms with Crippen LogP contribution in [0.2, 0.25) is 0 Å². The van der Waals surface area contributed by atoms with Crippen molar-refractivity contribution in [1.29, 1.82) is 0 Å². The maximum atomic E-state index is 12.7. The highest BCUT2D eigenvalue weighted by atomic mass is 32.2. The average molecular weight is 497 g/mol. The summed E-state index contributed by atoms with van der Waals surface area (Å²) in [5.74, 6) is -1.61. The molecule has 0 saturated carbocycles. The number of amides is 2. The Labute approximate surface area is 192 Å². The number of hydrogen-bond acceptors (Lipinski definition) is 9. The lowest BCUT2D eigenvalue weighted by atomic mass is 10.0. The smallest absolute Gasteiger partial charge is 0.352 e. The largest absolute Gasteiger partial charge is 0.610 e. The van der Waals surface area contributed by atoms with Crippen LogP contribution in [0, 0.1) is 0 Å². The molecule has 13 heteroatoms. The summed E-state index contributed by atoms with van der Waals surface area (Å²) in [6, 6.07) is 4.34. The van der Waals surface area contributed by atoms with Crippen LogP contribution in [0.5, 0.6) is 0 Å². The molecule has 2 aromatic heterocycles. The molecule has 9 nitrogen and oxygen atoms in total. The van der Waals surface area contributed by atoms with Gasteiger partial charge in [-0.3, -0.25) is 14.5 Å². The van der Waals surface area contributed by atoms with Crippen LogP contribution in [-0.2, 0) is 25.6 Å². The van der Waals surface area contributed by atoms with E-state index in [-0.39, 0.29) is 11.4 Å². The van der Waals surface area contributed by atoms with Crippen molar-refractivity contribution in [1.82, 2.24) is 20.2 Å². The van der Waals surface area contributed by atoms with Gasteiger partial charge in [-0.2, -0.15) is 0 Å². The first-order chi connectivity index (χ1) is 15.0. The summed E-state index contributed by atoms with van der Waals surface area (Å²) in [5.41, 5.74) is 0.581. The number of aromatic nitrogens is 2. The van der Waals surface area contributed by atoms with Crippen LogP contribution in [0.4, 0.5) is 0 Å². The molecule has 162 valence electrons. The zero-order valence-corrected chi connectivity index (χ0v) is 19.1. The van der Waals surface area contributed by atoms with E-state index >= 15 is 0 Å². The van der Waals surface area contributed by atoms with Crippen LogP contribution in [0.1, 0.15) is 0 Å². The molecule has 4 heterocycles. The van der Waals surface area contributed by atoms with E-state index in [1.807, 2.05) is 0 Å². The van der Waals surface area contributed by atoms with Gasteiger partial charge in [0.05, 0.1) is 5.03 Å². The third-order valence-electron chi connectivity index (χ3n) is 4.50. The number of aliphatic carboxylic acids is 1. The summed E-state index contributed by atoms with van der Waals surface area (Å²) in [5, 5.41) is 14.3. The van der Waals surface area contributed by atoms with E-state index in [9.17, 15) is 24.0 Å². The van der Waals surface area contributed by atoms with E-state index < -0.39 is 40.4 Å². The predicted octanol–water partition coefficient (Wildman–Crippen LogP) is 1.18. The van der Waals surface area contributed by atoms with E-state index in [4.69, 9.17) is 0 Å². The van der Waals surface area contributed by atoms with Gasteiger partial charge in [-0.05, 0) is 23.1 Å². The van der Waals surface area contributed by atoms with Gasteiger partial charge in [0.1, 0.15) is 23.4 Å². The lowest BCUT2D eigenvalue weighted by Crippen LogP contribution is -2.70. The van der Waals surface area contributed by atoms with Gasteiger partial charge in [-0.1, -0.05) is 11.3 Å². The van der Waals surface area contributed by atoms with Crippen molar-refractivity contribution in [2.45, 2.75) is 20.7 Å². The summed E-state index contributed by atoms with van der Waals surface area (Å²) in [4.78, 5) is 46.0. The second-order valence-corrected chi connectivity index (χ2v) is 11.2. The Balaban J connectivity index is 1.41. The normalized spacial score (nSPS) is 21.3. The molecule has 0 aliphatic carbocycles. The molecule has 2 amide bonds. The average Bonchev–Trinajstić information content (AvgIpc) is 3.31. The minimum Gasteiger partial charge on any atom is -0.610 e. The van der Waals surface area contributed by atoms with Crippen LogP contribution < -0.4 is 5.32 Å². The number of nitrogens with one attached hydrogen (secondary N) is 1. The summed E-state index contributed by atoms with van der Waals surface area (Å²) in [6.45, 7) is 0. The van der Waals surface area contributed by atoms with Crippen molar-refractivity contribution >= 4 is 63.8 Å². The molecule has 31 heavy (non-hydrogen) atoms. The number of carboxylic acid groups (broad SMARTS) is 1. The molecule has 2 aliphatic heterocycles. The highest BCUT2D eigenvalue weighted by Gasteiger charge is 2.54. The minimum absolute atomic E-state index is 0.0389. The van der Waals surface area contributed by atoms with Gasteiger partial charge in [0.25, 0.3) is 11.8 Å². The number of thiophene rings is 1. The number of β-lactam (4-membered cyclic amide) rings is 1. The highest BCUT2D eigenvalue weighted by Crippen LogP contribution is 2.41. The van der Waals surface area contributed by atoms with Crippen molar-refractivity contribution in [3.63, 3.8) is 0 Å². The van der Waals surface area contributed by atoms with Crippen LogP contribution in [0.3, 0.4) is 0 Å². The van der Waals surface area contributed by atoms with Crippen molar-refractivity contribution in [3.05, 3.63) is 47.4 Å². The van der Waals surface area contributed by atoms with Crippen molar-refractivity contribution in [2.75, 3.05) is 17.3 Å². The van der Waals surface area contributed by atoms with E-state index in [0.717, 1.165) is 0 Å². The first kappa shape index (κ1) is 22.1. The molecule has 1 fully saturated rings.